The predicted molar refractivity (Wildman–Crippen MR) is 83.3 cm³/mol. The summed E-state index contributed by atoms with van der Waals surface area (Å²) in [5.74, 6) is 0. The van der Waals surface area contributed by atoms with Crippen LogP contribution in [0.4, 0.5) is 0 Å². The van der Waals surface area contributed by atoms with Crippen LogP contribution in [0.15, 0.2) is 0 Å². The van der Waals surface area contributed by atoms with Gasteiger partial charge in [0.05, 0.1) is 5.25 Å². The van der Waals surface area contributed by atoms with Crippen molar-refractivity contribution < 1.29 is 8.42 Å². The van der Waals surface area contributed by atoms with Crippen molar-refractivity contribution in [2.75, 3.05) is 26.2 Å². The third kappa shape index (κ3) is 3.55. The number of sulfonamides is 1. The number of rotatable bonds is 5. The van der Waals surface area contributed by atoms with Gasteiger partial charge in [-0.25, -0.2) is 12.7 Å². The minimum absolute atomic E-state index is 0.317. The van der Waals surface area contributed by atoms with Crippen LogP contribution in [0.1, 0.15) is 58.8 Å². The zero-order chi connectivity index (χ0) is 14.6. The van der Waals surface area contributed by atoms with E-state index in [0.717, 1.165) is 32.5 Å². The molecule has 1 aliphatic heterocycles. The molecule has 2 aliphatic rings. The molecular formula is C15H30N2O2S. The molecule has 2 rings (SSSR count). The number of hydrogen-bond donors (Lipinski definition) is 1. The molecule has 0 amide bonds. The third-order valence-corrected chi connectivity index (χ3v) is 7.52. The van der Waals surface area contributed by atoms with E-state index in [1.165, 1.54) is 32.1 Å². The Morgan fingerprint density at radius 3 is 2.25 bits per heavy atom. The van der Waals surface area contributed by atoms with Crippen LogP contribution in [-0.4, -0.2) is 44.2 Å². The van der Waals surface area contributed by atoms with Gasteiger partial charge in [0.1, 0.15) is 0 Å². The fourth-order valence-corrected chi connectivity index (χ4v) is 5.25. The summed E-state index contributed by atoms with van der Waals surface area (Å²) in [4.78, 5) is 0. The average Bonchev–Trinajstić information content (AvgIpc) is 2.46. The van der Waals surface area contributed by atoms with Crippen LogP contribution in [0, 0.1) is 5.41 Å². The molecule has 0 bridgehead atoms. The maximum atomic E-state index is 12.5. The summed E-state index contributed by atoms with van der Waals surface area (Å²) in [6, 6.07) is 0. The fourth-order valence-electron chi connectivity index (χ4n) is 3.72. The van der Waals surface area contributed by atoms with Crippen molar-refractivity contribution in [3.05, 3.63) is 0 Å². The quantitative estimate of drug-likeness (QED) is 0.848. The normalized spacial score (nSPS) is 25.7. The summed E-state index contributed by atoms with van der Waals surface area (Å²) in [6.07, 6.45) is 8.80. The Morgan fingerprint density at radius 1 is 1.10 bits per heavy atom. The highest BCUT2D eigenvalue weighted by Crippen LogP contribution is 2.44. The highest BCUT2D eigenvalue weighted by Gasteiger charge is 2.39. The van der Waals surface area contributed by atoms with Crippen molar-refractivity contribution >= 4 is 10.0 Å². The molecule has 2 fully saturated rings. The van der Waals surface area contributed by atoms with Crippen LogP contribution in [-0.2, 0) is 10.0 Å². The summed E-state index contributed by atoms with van der Waals surface area (Å²) in [5.41, 5.74) is 0.467. The SMILES string of the molecule is CCNCC(C)S(=O)(=O)N1CCC2(CCCCC2)CC1. The van der Waals surface area contributed by atoms with Gasteiger partial charge in [-0.1, -0.05) is 26.2 Å². The Hall–Kier alpha value is -0.130. The van der Waals surface area contributed by atoms with Crippen LogP contribution in [0.5, 0.6) is 0 Å². The molecule has 1 unspecified atom stereocenters. The first-order chi connectivity index (χ1) is 9.50. The molecule has 1 atom stereocenters. The molecule has 1 aliphatic carbocycles. The standard InChI is InChI=1S/C15H30N2O2S/c1-3-16-13-14(2)20(18,19)17-11-9-15(10-12-17)7-5-4-6-8-15/h14,16H,3-13H2,1-2H3. The molecule has 118 valence electrons. The van der Waals surface area contributed by atoms with E-state index in [0.29, 0.717) is 12.0 Å². The van der Waals surface area contributed by atoms with Crippen molar-refractivity contribution in [1.82, 2.24) is 9.62 Å². The Morgan fingerprint density at radius 2 is 1.70 bits per heavy atom. The third-order valence-electron chi connectivity index (χ3n) is 5.25. The van der Waals surface area contributed by atoms with Crippen LogP contribution in [0.3, 0.4) is 0 Å². The van der Waals surface area contributed by atoms with Gasteiger partial charge in [-0.15, -0.1) is 0 Å². The average molecular weight is 302 g/mol. The molecule has 20 heavy (non-hydrogen) atoms. The molecule has 5 heteroatoms. The molecular weight excluding hydrogens is 272 g/mol. The highest BCUT2D eigenvalue weighted by molar-refractivity contribution is 7.89. The van der Waals surface area contributed by atoms with Crippen molar-refractivity contribution in [3.63, 3.8) is 0 Å². The van der Waals surface area contributed by atoms with Gasteiger partial charge in [0, 0.05) is 19.6 Å². The molecule has 1 spiro atoms. The van der Waals surface area contributed by atoms with E-state index in [9.17, 15) is 8.42 Å². The van der Waals surface area contributed by atoms with Crippen LogP contribution in [0.2, 0.25) is 0 Å². The van der Waals surface area contributed by atoms with E-state index in [1.807, 2.05) is 13.8 Å². The smallest absolute Gasteiger partial charge is 0.217 e. The molecule has 0 aromatic carbocycles. The molecule has 1 saturated carbocycles. The van der Waals surface area contributed by atoms with Gasteiger partial charge in [0.25, 0.3) is 0 Å². The van der Waals surface area contributed by atoms with E-state index < -0.39 is 10.0 Å². The Labute approximate surface area is 124 Å². The highest BCUT2D eigenvalue weighted by atomic mass is 32.2. The van der Waals surface area contributed by atoms with Gasteiger partial charge in [-0.05, 0) is 44.6 Å². The van der Waals surface area contributed by atoms with Crippen molar-refractivity contribution in [3.8, 4) is 0 Å². The van der Waals surface area contributed by atoms with E-state index in [4.69, 9.17) is 0 Å². The van der Waals surface area contributed by atoms with Crippen LogP contribution in [0.25, 0.3) is 0 Å². The Balaban J connectivity index is 1.92. The number of piperidine rings is 1. The van der Waals surface area contributed by atoms with E-state index in [1.54, 1.807) is 4.31 Å². The maximum Gasteiger partial charge on any atom is 0.217 e. The first-order valence-corrected chi connectivity index (χ1v) is 9.70. The molecule has 1 N–H and O–H groups in total. The lowest BCUT2D eigenvalue weighted by Crippen LogP contribution is -2.48. The lowest BCUT2D eigenvalue weighted by Gasteiger charge is -2.44. The van der Waals surface area contributed by atoms with E-state index in [-0.39, 0.29) is 5.25 Å². The van der Waals surface area contributed by atoms with Gasteiger partial charge in [-0.3, -0.25) is 0 Å². The molecule has 1 saturated heterocycles. The van der Waals surface area contributed by atoms with Gasteiger partial charge in [0.2, 0.25) is 10.0 Å². The Bertz CT molecular complexity index is 392. The molecule has 4 nitrogen and oxygen atoms in total. The van der Waals surface area contributed by atoms with Gasteiger partial charge in [0.15, 0.2) is 0 Å². The van der Waals surface area contributed by atoms with Crippen molar-refractivity contribution in [2.45, 2.75) is 64.0 Å². The maximum absolute atomic E-state index is 12.5. The fraction of sp³-hybridized carbons (Fsp3) is 1.00. The first-order valence-electron chi connectivity index (χ1n) is 8.20. The number of hydrogen-bond acceptors (Lipinski definition) is 3. The lowest BCUT2D eigenvalue weighted by atomic mass is 9.68. The van der Waals surface area contributed by atoms with Crippen molar-refractivity contribution in [2.24, 2.45) is 5.41 Å². The minimum Gasteiger partial charge on any atom is -0.316 e. The second-order valence-electron chi connectivity index (χ2n) is 6.62. The van der Waals surface area contributed by atoms with E-state index in [2.05, 4.69) is 5.32 Å². The van der Waals surface area contributed by atoms with Crippen molar-refractivity contribution in [1.29, 1.82) is 0 Å². The topological polar surface area (TPSA) is 49.4 Å². The molecule has 0 aromatic heterocycles. The zero-order valence-corrected chi connectivity index (χ0v) is 13.8. The van der Waals surface area contributed by atoms with Gasteiger partial charge in [-0.2, -0.15) is 0 Å². The summed E-state index contributed by atoms with van der Waals surface area (Å²) < 4.78 is 26.8. The lowest BCUT2D eigenvalue weighted by molar-refractivity contribution is 0.102. The Kier molecular flexibility index (Phi) is 5.49. The number of nitrogens with one attached hydrogen (secondary N) is 1. The molecule has 0 radical (unpaired) electrons. The van der Waals surface area contributed by atoms with Crippen LogP contribution >= 0.6 is 0 Å². The van der Waals surface area contributed by atoms with E-state index >= 15 is 0 Å². The summed E-state index contributed by atoms with van der Waals surface area (Å²) >= 11 is 0. The summed E-state index contributed by atoms with van der Waals surface area (Å²) in [6.45, 7) is 6.68. The van der Waals surface area contributed by atoms with Gasteiger partial charge >= 0.3 is 0 Å². The van der Waals surface area contributed by atoms with Crippen LogP contribution < -0.4 is 5.32 Å². The number of nitrogens with zero attached hydrogens (tertiary/aromatic N) is 1. The summed E-state index contributed by atoms with van der Waals surface area (Å²) in [5, 5.41) is 2.83. The molecule has 0 aromatic rings. The minimum atomic E-state index is -3.12. The second kappa shape index (κ2) is 6.75. The second-order valence-corrected chi connectivity index (χ2v) is 8.97. The predicted octanol–water partition coefficient (Wildman–Crippen LogP) is 2.36. The zero-order valence-electron chi connectivity index (χ0n) is 13.0. The van der Waals surface area contributed by atoms with Gasteiger partial charge < -0.3 is 5.32 Å². The summed E-state index contributed by atoms with van der Waals surface area (Å²) in [7, 11) is -3.12. The molecule has 1 heterocycles. The largest absolute Gasteiger partial charge is 0.316 e. The monoisotopic (exact) mass is 302 g/mol. The first kappa shape index (κ1) is 16.2.